The molecule has 1 aliphatic rings. The van der Waals surface area contributed by atoms with Crippen molar-refractivity contribution in [2.75, 3.05) is 14.2 Å². The lowest BCUT2D eigenvalue weighted by Crippen LogP contribution is -2.56. The number of hydrogen-bond donors (Lipinski definition) is 0. The van der Waals surface area contributed by atoms with Crippen molar-refractivity contribution in [2.24, 2.45) is 5.41 Å². The molecule has 0 aromatic rings. The lowest BCUT2D eigenvalue weighted by Gasteiger charge is -2.43. The second-order valence-corrected chi connectivity index (χ2v) is 5.46. The quantitative estimate of drug-likeness (QED) is 0.531. The Balaban J connectivity index is 2.90. The average Bonchev–Trinajstić information content (AvgIpc) is 2.12. The minimum atomic E-state index is -0.906. The van der Waals surface area contributed by atoms with Gasteiger partial charge in [0.25, 0.3) is 0 Å². The number of carbonyl (C=O) groups excluding carboxylic acids is 2. The van der Waals surface area contributed by atoms with E-state index in [0.29, 0.717) is 12.8 Å². The maximum atomic E-state index is 12.3. The van der Waals surface area contributed by atoms with Gasteiger partial charge < -0.3 is 9.64 Å². The number of hydrogen-bond acceptors (Lipinski definition) is 3. The number of nitrogens with zero attached hydrogens (tertiary/aromatic N) is 1. The van der Waals surface area contributed by atoms with Gasteiger partial charge in [-0.05, 0) is 33.6 Å². The Hall–Kier alpha value is -1.06. The van der Waals surface area contributed by atoms with E-state index in [1.807, 2.05) is 20.8 Å². The van der Waals surface area contributed by atoms with E-state index in [2.05, 4.69) is 0 Å². The molecule has 0 N–H and O–H groups in total. The van der Waals surface area contributed by atoms with Crippen LogP contribution in [-0.4, -0.2) is 36.5 Å². The average molecular weight is 227 g/mol. The molecule has 1 amide bonds. The van der Waals surface area contributed by atoms with Gasteiger partial charge in [0.1, 0.15) is 5.41 Å². The lowest BCUT2D eigenvalue weighted by atomic mass is 9.67. The highest BCUT2D eigenvalue weighted by molar-refractivity contribution is 6.03. The fraction of sp³-hybridized carbons (Fsp3) is 0.833. The van der Waals surface area contributed by atoms with Gasteiger partial charge in [0, 0.05) is 12.6 Å². The van der Waals surface area contributed by atoms with Gasteiger partial charge >= 0.3 is 5.97 Å². The van der Waals surface area contributed by atoms with Crippen molar-refractivity contribution in [2.45, 2.75) is 45.6 Å². The molecule has 0 aromatic carbocycles. The van der Waals surface area contributed by atoms with E-state index < -0.39 is 5.41 Å². The molecule has 0 spiro atoms. The Bertz CT molecular complexity index is 300. The summed E-state index contributed by atoms with van der Waals surface area (Å²) in [7, 11) is 3.08. The van der Waals surface area contributed by atoms with Crippen LogP contribution in [0.3, 0.4) is 0 Å². The van der Waals surface area contributed by atoms with Gasteiger partial charge in [0.15, 0.2) is 0 Å². The maximum absolute atomic E-state index is 12.3. The van der Waals surface area contributed by atoms with Crippen LogP contribution in [0.2, 0.25) is 0 Å². The summed E-state index contributed by atoms with van der Waals surface area (Å²) in [4.78, 5) is 25.7. The molecule has 0 unspecified atom stereocenters. The smallest absolute Gasteiger partial charge is 0.321 e. The molecule has 1 saturated carbocycles. The number of esters is 1. The molecule has 16 heavy (non-hydrogen) atoms. The second-order valence-electron chi connectivity index (χ2n) is 5.46. The molecule has 0 aliphatic heterocycles. The molecule has 1 rings (SSSR count). The first-order valence-corrected chi connectivity index (χ1v) is 5.62. The van der Waals surface area contributed by atoms with Crippen molar-refractivity contribution < 1.29 is 14.3 Å². The molecular weight excluding hydrogens is 206 g/mol. The van der Waals surface area contributed by atoms with Gasteiger partial charge in [-0.3, -0.25) is 9.59 Å². The van der Waals surface area contributed by atoms with Crippen molar-refractivity contribution in [1.82, 2.24) is 4.90 Å². The Labute approximate surface area is 96.9 Å². The first kappa shape index (κ1) is 13.0. The third kappa shape index (κ3) is 1.93. The van der Waals surface area contributed by atoms with E-state index in [-0.39, 0.29) is 17.4 Å². The van der Waals surface area contributed by atoms with Gasteiger partial charge in [-0.15, -0.1) is 0 Å². The van der Waals surface area contributed by atoms with Crippen LogP contribution in [0.25, 0.3) is 0 Å². The summed E-state index contributed by atoms with van der Waals surface area (Å²) in [6.45, 7) is 5.86. The summed E-state index contributed by atoms with van der Waals surface area (Å²) in [5, 5.41) is 0. The predicted molar refractivity (Wildman–Crippen MR) is 60.8 cm³/mol. The van der Waals surface area contributed by atoms with Crippen LogP contribution in [0, 0.1) is 5.41 Å². The largest absolute Gasteiger partial charge is 0.468 e. The van der Waals surface area contributed by atoms with Crippen LogP contribution in [0.5, 0.6) is 0 Å². The highest BCUT2D eigenvalue weighted by Gasteiger charge is 2.54. The second kappa shape index (κ2) is 4.07. The third-order valence-corrected chi connectivity index (χ3v) is 3.50. The fourth-order valence-corrected chi connectivity index (χ4v) is 1.86. The van der Waals surface area contributed by atoms with Gasteiger partial charge in [-0.1, -0.05) is 6.42 Å². The first-order chi connectivity index (χ1) is 7.25. The molecular formula is C12H21NO3. The molecule has 0 atom stereocenters. The summed E-state index contributed by atoms with van der Waals surface area (Å²) in [5.74, 6) is -0.502. The van der Waals surface area contributed by atoms with E-state index in [0.717, 1.165) is 6.42 Å². The fourth-order valence-electron chi connectivity index (χ4n) is 1.86. The topological polar surface area (TPSA) is 46.6 Å². The van der Waals surface area contributed by atoms with Crippen LogP contribution in [0.4, 0.5) is 0 Å². The number of rotatable bonds is 2. The zero-order valence-corrected chi connectivity index (χ0v) is 10.8. The highest BCUT2D eigenvalue weighted by Crippen LogP contribution is 2.44. The van der Waals surface area contributed by atoms with Crippen molar-refractivity contribution in [1.29, 1.82) is 0 Å². The van der Waals surface area contributed by atoms with E-state index in [1.165, 1.54) is 7.11 Å². The third-order valence-electron chi connectivity index (χ3n) is 3.50. The lowest BCUT2D eigenvalue weighted by molar-refractivity contribution is -0.171. The number of carbonyl (C=O) groups is 2. The van der Waals surface area contributed by atoms with Crippen LogP contribution in [-0.2, 0) is 14.3 Å². The summed E-state index contributed by atoms with van der Waals surface area (Å²) in [6.07, 6.45) is 2.14. The zero-order chi connectivity index (χ0) is 12.6. The van der Waals surface area contributed by atoms with E-state index in [4.69, 9.17) is 4.74 Å². The van der Waals surface area contributed by atoms with Crippen LogP contribution >= 0.6 is 0 Å². The SMILES string of the molecule is COC(=O)C1(C(=O)N(C)C(C)(C)C)CCC1. The first-order valence-electron chi connectivity index (χ1n) is 5.62. The summed E-state index contributed by atoms with van der Waals surface area (Å²) in [6, 6.07) is 0. The van der Waals surface area contributed by atoms with E-state index in [1.54, 1.807) is 11.9 Å². The number of methoxy groups -OCH3 is 1. The molecule has 0 bridgehead atoms. The van der Waals surface area contributed by atoms with Crippen LogP contribution in [0.15, 0.2) is 0 Å². The molecule has 1 fully saturated rings. The van der Waals surface area contributed by atoms with Crippen molar-refractivity contribution in [3.63, 3.8) is 0 Å². The monoisotopic (exact) mass is 227 g/mol. The Morgan fingerprint density at radius 1 is 1.25 bits per heavy atom. The Morgan fingerprint density at radius 3 is 2.00 bits per heavy atom. The van der Waals surface area contributed by atoms with Crippen molar-refractivity contribution in [3.05, 3.63) is 0 Å². The maximum Gasteiger partial charge on any atom is 0.321 e. The Kier molecular flexibility index (Phi) is 3.31. The minimum absolute atomic E-state index is 0.113. The molecule has 92 valence electrons. The predicted octanol–water partition coefficient (Wildman–Crippen LogP) is 1.59. The summed E-state index contributed by atoms with van der Waals surface area (Å²) in [5.41, 5.74) is -1.18. The molecule has 1 aliphatic carbocycles. The summed E-state index contributed by atoms with van der Waals surface area (Å²) >= 11 is 0. The standard InChI is InChI=1S/C12H21NO3/c1-11(2,3)13(4)9(14)12(7-6-8-12)10(15)16-5/h6-8H2,1-5H3. The van der Waals surface area contributed by atoms with Gasteiger partial charge in [-0.2, -0.15) is 0 Å². The number of ether oxygens (including phenoxy) is 1. The molecule has 4 nitrogen and oxygen atoms in total. The molecule has 0 aromatic heterocycles. The van der Waals surface area contributed by atoms with Gasteiger partial charge in [0.05, 0.1) is 7.11 Å². The molecule has 0 radical (unpaired) electrons. The van der Waals surface area contributed by atoms with E-state index in [9.17, 15) is 9.59 Å². The van der Waals surface area contributed by atoms with Crippen LogP contribution < -0.4 is 0 Å². The molecule has 0 saturated heterocycles. The zero-order valence-electron chi connectivity index (χ0n) is 10.8. The molecule has 0 heterocycles. The Morgan fingerprint density at radius 2 is 1.75 bits per heavy atom. The summed E-state index contributed by atoms with van der Waals surface area (Å²) < 4.78 is 4.76. The van der Waals surface area contributed by atoms with Crippen molar-refractivity contribution in [3.8, 4) is 0 Å². The van der Waals surface area contributed by atoms with Crippen molar-refractivity contribution >= 4 is 11.9 Å². The van der Waals surface area contributed by atoms with Gasteiger partial charge in [-0.25, -0.2) is 0 Å². The van der Waals surface area contributed by atoms with Crippen LogP contribution in [0.1, 0.15) is 40.0 Å². The highest BCUT2D eigenvalue weighted by atomic mass is 16.5. The number of amides is 1. The molecule has 4 heteroatoms. The normalized spacial score (nSPS) is 18.6. The van der Waals surface area contributed by atoms with Gasteiger partial charge in [0.2, 0.25) is 5.91 Å². The minimum Gasteiger partial charge on any atom is -0.468 e. The van der Waals surface area contributed by atoms with E-state index >= 15 is 0 Å².